The minimum absolute atomic E-state index is 0.492. The topological polar surface area (TPSA) is 37.3 Å². The van der Waals surface area contributed by atoms with E-state index in [0.717, 1.165) is 11.4 Å². The first-order valence-electron chi connectivity index (χ1n) is 5.04. The number of thiocarbonyl (C=S) groups is 1. The minimum atomic E-state index is 0.492. The summed E-state index contributed by atoms with van der Waals surface area (Å²) in [4.78, 5) is 8.19. The van der Waals surface area contributed by atoms with E-state index in [9.17, 15) is 0 Å². The fraction of sp³-hybridized carbons (Fsp3) is 0.364. The van der Waals surface area contributed by atoms with E-state index in [0.29, 0.717) is 11.7 Å². The van der Waals surface area contributed by atoms with E-state index in [2.05, 4.69) is 27.5 Å². The standard InChI is InChI=1S/C9H10ClN3S.C2H6/c1-7(13-6-14)11-4-8-2-3-9(10)12-5-8;1-2/h2-3,5-6H,4H2,1H3,(H,11,13,14);1-2H3. The highest BCUT2D eigenvalue weighted by atomic mass is 35.5. The maximum Gasteiger partial charge on any atom is 0.129 e. The summed E-state index contributed by atoms with van der Waals surface area (Å²) in [5.41, 5.74) is 2.44. The van der Waals surface area contributed by atoms with Gasteiger partial charge in [0.2, 0.25) is 0 Å². The van der Waals surface area contributed by atoms with E-state index >= 15 is 0 Å². The molecule has 0 aromatic carbocycles. The zero-order valence-electron chi connectivity index (χ0n) is 9.70. The zero-order valence-corrected chi connectivity index (χ0v) is 11.3. The van der Waals surface area contributed by atoms with Gasteiger partial charge in [0.25, 0.3) is 0 Å². The Labute approximate surface area is 107 Å². The largest absolute Gasteiger partial charge is 0.341 e. The maximum atomic E-state index is 5.65. The van der Waals surface area contributed by atoms with Crippen molar-refractivity contribution in [1.29, 1.82) is 0 Å². The van der Waals surface area contributed by atoms with Gasteiger partial charge in [-0.1, -0.05) is 43.7 Å². The molecule has 3 nitrogen and oxygen atoms in total. The molecule has 0 radical (unpaired) electrons. The van der Waals surface area contributed by atoms with Crippen LogP contribution in [0.3, 0.4) is 0 Å². The molecule has 0 saturated heterocycles. The summed E-state index contributed by atoms with van der Waals surface area (Å²) in [5, 5.41) is 3.31. The van der Waals surface area contributed by atoms with Crippen LogP contribution in [0.1, 0.15) is 26.3 Å². The molecule has 16 heavy (non-hydrogen) atoms. The molecule has 1 aromatic heterocycles. The van der Waals surface area contributed by atoms with Crippen LogP contribution in [0, 0.1) is 0 Å². The summed E-state index contributed by atoms with van der Waals surface area (Å²) < 4.78 is 0. The lowest BCUT2D eigenvalue weighted by Gasteiger charge is -1.99. The van der Waals surface area contributed by atoms with Crippen LogP contribution < -0.4 is 5.32 Å². The molecule has 0 atom stereocenters. The van der Waals surface area contributed by atoms with Crippen molar-refractivity contribution in [3.8, 4) is 0 Å². The Morgan fingerprint density at radius 1 is 1.56 bits per heavy atom. The normalized spacial score (nSPS) is 10.1. The highest BCUT2D eigenvalue weighted by Crippen LogP contribution is 2.05. The van der Waals surface area contributed by atoms with E-state index in [1.165, 1.54) is 5.49 Å². The smallest absolute Gasteiger partial charge is 0.129 e. The monoisotopic (exact) mass is 257 g/mol. The van der Waals surface area contributed by atoms with Gasteiger partial charge in [-0.15, -0.1) is 0 Å². The number of rotatable bonds is 3. The van der Waals surface area contributed by atoms with Gasteiger partial charge in [0.15, 0.2) is 0 Å². The molecule has 0 aliphatic rings. The number of nitrogens with one attached hydrogen (secondary N) is 1. The van der Waals surface area contributed by atoms with E-state index in [-0.39, 0.29) is 0 Å². The molecule has 1 N–H and O–H groups in total. The van der Waals surface area contributed by atoms with Crippen molar-refractivity contribution in [2.45, 2.75) is 27.3 Å². The molecule has 1 rings (SSSR count). The number of halogens is 1. The average molecular weight is 258 g/mol. The average Bonchev–Trinajstić information content (AvgIpc) is 2.31. The van der Waals surface area contributed by atoms with Crippen molar-refractivity contribution in [2.75, 3.05) is 0 Å². The van der Waals surface area contributed by atoms with Crippen LogP contribution in [0.15, 0.2) is 23.3 Å². The van der Waals surface area contributed by atoms with Crippen molar-refractivity contribution in [3.05, 3.63) is 29.0 Å². The molecule has 1 heterocycles. The molecule has 0 spiro atoms. The Kier molecular flexibility index (Phi) is 8.66. The molecule has 0 saturated carbocycles. The van der Waals surface area contributed by atoms with Gasteiger partial charge < -0.3 is 5.32 Å². The number of aliphatic imine (C=N–C) groups is 1. The second-order valence-corrected chi connectivity index (χ2v) is 3.28. The van der Waals surface area contributed by atoms with Crippen LogP contribution in [0.2, 0.25) is 5.15 Å². The molecular weight excluding hydrogens is 242 g/mol. The van der Waals surface area contributed by atoms with Crippen molar-refractivity contribution in [3.63, 3.8) is 0 Å². The second-order valence-electron chi connectivity index (χ2n) is 2.65. The quantitative estimate of drug-likeness (QED) is 0.391. The molecule has 5 heteroatoms. The van der Waals surface area contributed by atoms with Crippen molar-refractivity contribution < 1.29 is 0 Å². The van der Waals surface area contributed by atoms with Gasteiger partial charge in [0.1, 0.15) is 5.15 Å². The molecule has 0 bridgehead atoms. The molecule has 0 aliphatic heterocycles. The first-order chi connectivity index (χ1) is 7.72. The lowest BCUT2D eigenvalue weighted by molar-refractivity contribution is 1.03. The van der Waals surface area contributed by atoms with Crippen LogP contribution in [-0.4, -0.2) is 16.3 Å². The van der Waals surface area contributed by atoms with Crippen molar-refractivity contribution >= 4 is 35.1 Å². The molecule has 0 amide bonds. The molecule has 0 unspecified atom stereocenters. The van der Waals surface area contributed by atoms with Gasteiger partial charge >= 0.3 is 0 Å². The summed E-state index contributed by atoms with van der Waals surface area (Å²) in [6.07, 6.45) is 1.70. The minimum Gasteiger partial charge on any atom is -0.341 e. The number of hydrogen-bond donors (Lipinski definition) is 1. The Hall–Kier alpha value is -1.00. The molecule has 0 fully saturated rings. The molecule has 1 aromatic rings. The van der Waals surface area contributed by atoms with E-state index in [1.807, 2.05) is 26.8 Å². The van der Waals surface area contributed by atoms with Crippen LogP contribution in [0.25, 0.3) is 0 Å². The van der Waals surface area contributed by atoms with Crippen molar-refractivity contribution in [1.82, 2.24) is 10.3 Å². The third-order valence-corrected chi connectivity index (χ3v) is 1.90. The number of amidine groups is 1. The SMILES string of the molecule is CC.CC(=NCc1ccc(Cl)nc1)NC=S. The van der Waals surface area contributed by atoms with Gasteiger partial charge in [-0.3, -0.25) is 4.99 Å². The number of hydrogen-bond acceptors (Lipinski definition) is 3. The summed E-state index contributed by atoms with van der Waals surface area (Å²) in [6.45, 7) is 6.43. The number of nitrogens with zero attached hydrogens (tertiary/aromatic N) is 2. The summed E-state index contributed by atoms with van der Waals surface area (Å²) in [7, 11) is 0. The number of pyridine rings is 1. The van der Waals surface area contributed by atoms with Gasteiger partial charge in [-0.25, -0.2) is 4.98 Å². The van der Waals surface area contributed by atoms with Crippen molar-refractivity contribution in [2.24, 2.45) is 4.99 Å². The Bertz CT molecular complexity index is 336. The van der Waals surface area contributed by atoms with Crippen LogP contribution in [-0.2, 0) is 6.54 Å². The summed E-state index contributed by atoms with van der Waals surface area (Å²) in [6, 6.07) is 3.64. The maximum absolute atomic E-state index is 5.65. The predicted octanol–water partition coefficient (Wildman–Crippen LogP) is 3.23. The first-order valence-corrected chi connectivity index (χ1v) is 5.89. The van der Waals surface area contributed by atoms with Gasteiger partial charge in [0.05, 0.1) is 17.9 Å². The Morgan fingerprint density at radius 3 is 2.75 bits per heavy atom. The lowest BCUT2D eigenvalue weighted by Crippen LogP contribution is -2.16. The highest BCUT2D eigenvalue weighted by Gasteiger charge is 1.92. The van der Waals surface area contributed by atoms with Gasteiger partial charge in [0, 0.05) is 6.20 Å². The van der Waals surface area contributed by atoms with Gasteiger partial charge in [-0.05, 0) is 18.6 Å². The Morgan fingerprint density at radius 2 is 2.25 bits per heavy atom. The Balaban J connectivity index is 0.00000106. The van der Waals surface area contributed by atoms with Crippen LogP contribution in [0.5, 0.6) is 0 Å². The number of aromatic nitrogens is 1. The van der Waals surface area contributed by atoms with Gasteiger partial charge in [-0.2, -0.15) is 0 Å². The summed E-state index contributed by atoms with van der Waals surface area (Å²) >= 11 is 10.3. The predicted molar refractivity (Wildman–Crippen MR) is 74.2 cm³/mol. The third kappa shape index (κ3) is 6.48. The van der Waals surface area contributed by atoms with Crippen LogP contribution in [0.4, 0.5) is 0 Å². The molecular formula is C11H16ClN3S. The van der Waals surface area contributed by atoms with E-state index in [1.54, 1.807) is 12.3 Å². The summed E-state index contributed by atoms with van der Waals surface area (Å²) in [5.74, 6) is 0.787. The fourth-order valence-corrected chi connectivity index (χ4v) is 1.12. The fourth-order valence-electron chi connectivity index (χ4n) is 0.841. The van der Waals surface area contributed by atoms with E-state index in [4.69, 9.17) is 11.6 Å². The van der Waals surface area contributed by atoms with Crippen LogP contribution >= 0.6 is 23.8 Å². The van der Waals surface area contributed by atoms with E-state index < -0.39 is 0 Å². The zero-order chi connectivity index (χ0) is 12.4. The first kappa shape index (κ1) is 15.0. The third-order valence-electron chi connectivity index (χ3n) is 1.56. The second kappa shape index (κ2) is 9.24. The molecule has 88 valence electrons. The highest BCUT2D eigenvalue weighted by molar-refractivity contribution is 7.78. The molecule has 0 aliphatic carbocycles. The lowest BCUT2D eigenvalue weighted by atomic mass is 10.3.